The van der Waals surface area contributed by atoms with Crippen molar-refractivity contribution in [1.29, 1.82) is 0 Å². The van der Waals surface area contributed by atoms with E-state index in [1.54, 1.807) is 11.1 Å². The summed E-state index contributed by atoms with van der Waals surface area (Å²) in [6.45, 7) is 6.50. The molecule has 1 amide bonds. The summed E-state index contributed by atoms with van der Waals surface area (Å²) in [5, 5.41) is 3.04. The molecule has 1 aromatic rings. The van der Waals surface area contributed by atoms with Gasteiger partial charge in [-0.3, -0.25) is 4.79 Å². The Morgan fingerprint density at radius 3 is 2.65 bits per heavy atom. The summed E-state index contributed by atoms with van der Waals surface area (Å²) in [6.07, 6.45) is 4.26. The first-order valence-corrected chi connectivity index (χ1v) is 6.45. The maximum atomic E-state index is 11.9. The van der Waals surface area contributed by atoms with Crippen molar-refractivity contribution in [2.24, 2.45) is 0 Å². The molecule has 1 N–H and O–H groups in total. The zero-order valence-corrected chi connectivity index (χ0v) is 14.3. The van der Waals surface area contributed by atoms with Crippen LogP contribution in [0.3, 0.4) is 0 Å². The molecule has 0 saturated heterocycles. The number of hydrogen-bond donors (Lipinski definition) is 1. The first-order valence-electron chi connectivity index (χ1n) is 6.45. The lowest BCUT2D eigenvalue weighted by Gasteiger charge is -2.17. The highest BCUT2D eigenvalue weighted by atomic mass is 35.5. The number of carbonyl (C=O) groups excluding carboxylic acids is 1. The zero-order chi connectivity index (χ0) is 13.5. The van der Waals surface area contributed by atoms with Crippen LogP contribution in [0.25, 0.3) is 0 Å². The van der Waals surface area contributed by atoms with E-state index in [1.807, 2.05) is 20.3 Å². The normalized spacial score (nSPS) is 9.85. The highest BCUT2D eigenvalue weighted by Gasteiger charge is 2.11. The number of aromatic nitrogens is 2. The van der Waals surface area contributed by atoms with E-state index in [4.69, 9.17) is 0 Å². The Balaban J connectivity index is 0. The van der Waals surface area contributed by atoms with Crippen LogP contribution in [0, 0.1) is 0 Å². The van der Waals surface area contributed by atoms with Gasteiger partial charge in [0.05, 0.1) is 0 Å². The van der Waals surface area contributed by atoms with E-state index in [1.165, 1.54) is 0 Å². The molecule has 0 bridgehead atoms. The summed E-state index contributed by atoms with van der Waals surface area (Å²) < 4.78 is 2.06. The number of hydrogen-bond acceptors (Lipinski definition) is 3. The number of likely N-dealkylation sites (N-methyl/N-ethyl adjacent to an activating group) is 2. The van der Waals surface area contributed by atoms with Crippen LogP contribution in [0.15, 0.2) is 12.4 Å². The minimum atomic E-state index is 0. The second kappa shape index (κ2) is 10.9. The Hall–Kier alpha value is -0.780. The SMILES string of the molecule is CNCCN(C)C(=O)CCn1ccnc1C(C)C.Cl.Cl. The van der Waals surface area contributed by atoms with Crippen molar-refractivity contribution in [2.75, 3.05) is 27.2 Å². The molecule has 118 valence electrons. The van der Waals surface area contributed by atoms with E-state index in [-0.39, 0.29) is 30.7 Å². The fourth-order valence-corrected chi connectivity index (χ4v) is 1.82. The van der Waals surface area contributed by atoms with Gasteiger partial charge >= 0.3 is 0 Å². The number of halogens is 2. The summed E-state index contributed by atoms with van der Waals surface area (Å²) in [4.78, 5) is 18.0. The maximum Gasteiger partial charge on any atom is 0.224 e. The number of rotatable bonds is 7. The smallest absolute Gasteiger partial charge is 0.224 e. The first-order chi connectivity index (χ1) is 8.56. The highest BCUT2D eigenvalue weighted by Crippen LogP contribution is 2.12. The molecule has 1 heterocycles. The largest absolute Gasteiger partial charge is 0.344 e. The van der Waals surface area contributed by atoms with Crippen molar-refractivity contribution >= 4 is 30.7 Å². The molecule has 20 heavy (non-hydrogen) atoms. The number of amides is 1. The fraction of sp³-hybridized carbons (Fsp3) is 0.692. The number of nitrogens with one attached hydrogen (secondary N) is 1. The summed E-state index contributed by atoms with van der Waals surface area (Å²) >= 11 is 0. The van der Waals surface area contributed by atoms with Crippen LogP contribution in [-0.4, -0.2) is 47.5 Å². The molecule has 0 aromatic carbocycles. The zero-order valence-electron chi connectivity index (χ0n) is 12.6. The summed E-state index contributed by atoms with van der Waals surface area (Å²) in [6, 6.07) is 0. The molecule has 7 heteroatoms. The predicted molar refractivity (Wildman–Crippen MR) is 87.0 cm³/mol. The molecule has 0 spiro atoms. The van der Waals surface area contributed by atoms with Crippen LogP contribution in [0.5, 0.6) is 0 Å². The molecule has 0 saturated carbocycles. The van der Waals surface area contributed by atoms with Crippen molar-refractivity contribution in [3.8, 4) is 0 Å². The Morgan fingerprint density at radius 2 is 2.10 bits per heavy atom. The minimum Gasteiger partial charge on any atom is -0.344 e. The summed E-state index contributed by atoms with van der Waals surface area (Å²) in [5.74, 6) is 1.60. The molecular weight excluding hydrogens is 299 g/mol. The predicted octanol–water partition coefficient (Wildman–Crippen LogP) is 1.92. The van der Waals surface area contributed by atoms with Gasteiger partial charge in [-0.25, -0.2) is 4.98 Å². The molecule has 0 fully saturated rings. The average Bonchev–Trinajstić information content (AvgIpc) is 2.81. The van der Waals surface area contributed by atoms with E-state index in [9.17, 15) is 4.79 Å². The van der Waals surface area contributed by atoms with Crippen molar-refractivity contribution in [2.45, 2.75) is 32.7 Å². The van der Waals surface area contributed by atoms with Crippen molar-refractivity contribution in [3.05, 3.63) is 18.2 Å². The van der Waals surface area contributed by atoms with Gasteiger partial charge in [-0.15, -0.1) is 24.8 Å². The van der Waals surface area contributed by atoms with E-state index < -0.39 is 0 Å². The number of aryl methyl sites for hydroxylation is 1. The molecule has 1 rings (SSSR count). The quantitative estimate of drug-likeness (QED) is 0.833. The third-order valence-electron chi connectivity index (χ3n) is 2.95. The molecule has 0 unspecified atom stereocenters. The molecular formula is C13H26Cl2N4O. The van der Waals surface area contributed by atoms with Gasteiger partial charge < -0.3 is 14.8 Å². The van der Waals surface area contributed by atoms with Gasteiger partial charge in [0.25, 0.3) is 0 Å². The monoisotopic (exact) mass is 324 g/mol. The maximum absolute atomic E-state index is 11.9. The summed E-state index contributed by atoms with van der Waals surface area (Å²) in [7, 11) is 3.73. The second-order valence-corrected chi connectivity index (χ2v) is 4.80. The standard InChI is InChI=1S/C13H24N4O.2ClH/c1-11(2)13-15-7-10-17(13)8-5-12(18)16(4)9-6-14-3;;/h7,10-11,14H,5-6,8-9H2,1-4H3;2*1H. The van der Waals surface area contributed by atoms with Gasteiger partial charge in [-0.05, 0) is 7.05 Å². The number of carbonyl (C=O) groups is 1. The number of nitrogens with zero attached hydrogens (tertiary/aromatic N) is 3. The van der Waals surface area contributed by atoms with E-state index in [0.29, 0.717) is 18.9 Å². The Bertz CT molecular complexity index is 382. The molecule has 5 nitrogen and oxygen atoms in total. The third-order valence-corrected chi connectivity index (χ3v) is 2.95. The van der Waals surface area contributed by atoms with Crippen LogP contribution >= 0.6 is 24.8 Å². The minimum absolute atomic E-state index is 0. The van der Waals surface area contributed by atoms with E-state index in [0.717, 1.165) is 18.9 Å². The van der Waals surface area contributed by atoms with Gasteiger partial charge in [0.15, 0.2) is 0 Å². The molecule has 1 aromatic heterocycles. The van der Waals surface area contributed by atoms with Crippen molar-refractivity contribution in [1.82, 2.24) is 19.8 Å². The first kappa shape index (κ1) is 21.5. The van der Waals surface area contributed by atoms with Crippen LogP contribution in [0.1, 0.15) is 32.0 Å². The Labute approximate surface area is 133 Å². The lowest BCUT2D eigenvalue weighted by atomic mass is 10.2. The highest BCUT2D eigenvalue weighted by molar-refractivity contribution is 5.85. The lowest BCUT2D eigenvalue weighted by Crippen LogP contribution is -2.33. The van der Waals surface area contributed by atoms with Crippen molar-refractivity contribution in [3.63, 3.8) is 0 Å². The van der Waals surface area contributed by atoms with Gasteiger partial charge in [-0.1, -0.05) is 13.8 Å². The third kappa shape index (κ3) is 6.59. The van der Waals surface area contributed by atoms with E-state index in [2.05, 4.69) is 28.7 Å². The number of imidazole rings is 1. The van der Waals surface area contributed by atoms with Crippen LogP contribution < -0.4 is 5.32 Å². The Kier molecular flexibility index (Phi) is 11.8. The molecule has 0 atom stereocenters. The van der Waals surface area contributed by atoms with Gasteiger partial charge in [0, 0.05) is 51.4 Å². The van der Waals surface area contributed by atoms with E-state index >= 15 is 0 Å². The summed E-state index contributed by atoms with van der Waals surface area (Å²) in [5.41, 5.74) is 0. The fourth-order valence-electron chi connectivity index (χ4n) is 1.82. The molecule has 0 aliphatic heterocycles. The topological polar surface area (TPSA) is 50.2 Å². The average molecular weight is 325 g/mol. The van der Waals surface area contributed by atoms with Gasteiger partial charge in [0.1, 0.15) is 5.82 Å². The second-order valence-electron chi connectivity index (χ2n) is 4.80. The van der Waals surface area contributed by atoms with Gasteiger partial charge in [-0.2, -0.15) is 0 Å². The van der Waals surface area contributed by atoms with Gasteiger partial charge in [0.2, 0.25) is 5.91 Å². The van der Waals surface area contributed by atoms with Crippen LogP contribution in [0.2, 0.25) is 0 Å². The Morgan fingerprint density at radius 1 is 1.45 bits per heavy atom. The van der Waals surface area contributed by atoms with Crippen molar-refractivity contribution < 1.29 is 4.79 Å². The molecule has 0 aliphatic rings. The van der Waals surface area contributed by atoms with Crippen LogP contribution in [0.4, 0.5) is 0 Å². The molecule has 0 aliphatic carbocycles. The molecule has 0 radical (unpaired) electrons. The van der Waals surface area contributed by atoms with Crippen LogP contribution in [-0.2, 0) is 11.3 Å². The lowest BCUT2D eigenvalue weighted by molar-refractivity contribution is -0.130.